The van der Waals surface area contributed by atoms with Gasteiger partial charge in [-0.05, 0) is 277 Å². The second kappa shape index (κ2) is 56.6. The maximum absolute atomic E-state index is 13.4. The van der Waals surface area contributed by atoms with Crippen LogP contribution in [0.5, 0.6) is 0 Å². The van der Waals surface area contributed by atoms with Crippen LogP contribution < -0.4 is 0 Å². The molecule has 0 atom stereocenters. The molecule has 34 heteroatoms. The van der Waals surface area contributed by atoms with Gasteiger partial charge in [-0.3, -0.25) is 4.98 Å². The fourth-order valence-corrected chi connectivity index (χ4v) is 12.7. The topological polar surface area (TPSA) is 363 Å². The monoisotopic (exact) mass is 2010 g/mol. The number of nitrogens with zero attached hydrogens (tertiary/aromatic N) is 19. The molecule has 0 aliphatic heterocycles. The summed E-state index contributed by atoms with van der Waals surface area (Å²) in [6, 6.07) is 82.4. The fraction of sp³-hybridized carbons (Fsp3) is 0.212. The van der Waals surface area contributed by atoms with Gasteiger partial charge in [0.15, 0.2) is 52.4 Å². The molecule has 0 amide bonds. The lowest BCUT2D eigenvalue weighted by molar-refractivity contribution is 0.423. The molecule has 0 saturated carbocycles. The first-order valence-corrected chi connectivity index (χ1v) is 46.8. The van der Waals surface area contributed by atoms with Crippen LogP contribution in [-0.2, 0) is 0 Å². The molecule has 0 radical (unpaired) electrons. The molecule has 0 bridgehead atoms. The number of halogens is 6. The van der Waals surface area contributed by atoms with E-state index in [4.69, 9.17) is 52.3 Å². The zero-order valence-electron chi connectivity index (χ0n) is 85.3. The Balaban J connectivity index is 0.000000164. The number of aromatic nitrogens is 19. The van der Waals surface area contributed by atoms with E-state index in [2.05, 4.69) is 155 Å². The van der Waals surface area contributed by atoms with Crippen LogP contribution in [-0.4, -0.2) is 96.2 Å². The highest BCUT2D eigenvalue weighted by atomic mass is 35.5. The van der Waals surface area contributed by atoms with Gasteiger partial charge in [-0.25, -0.2) is 22.0 Å². The maximum Gasteiger partial charge on any atom is 0.260 e. The van der Waals surface area contributed by atoms with Crippen molar-refractivity contribution in [1.82, 2.24) is 96.2 Å². The third-order valence-corrected chi connectivity index (χ3v) is 20.6. The highest BCUT2D eigenvalue weighted by Crippen LogP contribution is 2.30. The molecule has 0 aliphatic carbocycles. The van der Waals surface area contributed by atoms with E-state index >= 15 is 0 Å². The summed E-state index contributed by atoms with van der Waals surface area (Å²) in [4.78, 5) is 40.5. The van der Waals surface area contributed by atoms with Gasteiger partial charge in [-0.15, -0.1) is 0 Å². The molecule has 28 nitrogen and oxygen atoms in total. The summed E-state index contributed by atoms with van der Waals surface area (Å²) >= 11 is 5.94. The average molecular weight is 2010 g/mol. The largest absolute Gasteiger partial charge is 0.334 e. The van der Waals surface area contributed by atoms with E-state index in [0.717, 1.165) is 44.5 Å². The average Bonchev–Trinajstić information content (AvgIpc) is 1.73. The summed E-state index contributed by atoms with van der Waals surface area (Å²) in [6.45, 7) is 40.6. The smallest absolute Gasteiger partial charge is 0.260 e. The number of hydrogen-bond donors (Lipinski definition) is 0. The van der Waals surface area contributed by atoms with Crippen molar-refractivity contribution in [3.05, 3.63) is 422 Å². The zero-order valence-corrected chi connectivity index (χ0v) is 86.1. The Morgan fingerprint density at radius 3 is 0.844 bits per heavy atom. The standard InChI is InChI=1S/C10H9FN2O.4C10H10N2O.C10H14.C9H7ClN2O.2C9H7FN2O.2C9H11F.C8H7N3O/c1-6-3-4-8(9(11)5-6)10-12-7(2)13-14-10;4*1-7-3-5-9(6-4-7)10-11-8(2)12-13-10;1-8(2)10-6-4-5-9(3)7-10;1-6-11-9(13-12-6)7-4-2-3-5-8(7)10;1-6-11-9(13-12-6)7-3-2-4-8(10)5-7;1-6-11-9(13-12-6)7-4-2-3-5-8(7)10;1-7(2)8-3-5-9(10)6-4-8;1-7(2)8-5-3-4-6-9(8)10;1-6-10-8(12-11-6)7-3-2-4-9-5-7/h3-5H,1-2H3;4*3-6H,1-2H3;4-8H,1-3H3;3*2-5H,1H3;2*3-7H,1-2H3;2-5H,1H3. The lowest BCUT2D eigenvalue weighted by Gasteiger charge is -2.04. The lowest BCUT2D eigenvalue weighted by atomic mass is 10.0. The van der Waals surface area contributed by atoms with Crippen LogP contribution >= 0.6 is 11.6 Å². The number of benzene rings is 11. The minimum atomic E-state index is -0.355. The van der Waals surface area contributed by atoms with Crippen LogP contribution in [0.25, 0.3) is 103 Å². The first-order chi connectivity index (χ1) is 70.4. The maximum atomic E-state index is 13.4. The number of hydrogen-bond acceptors (Lipinski definition) is 28. The second-order valence-corrected chi connectivity index (χ2v) is 34.3. The first-order valence-electron chi connectivity index (χ1n) is 46.5. The molecule has 0 N–H and O–H groups in total. The summed E-state index contributed by atoms with van der Waals surface area (Å²) in [5, 5.41) is 33.7. The van der Waals surface area contributed by atoms with Crippen molar-refractivity contribution < 1.29 is 62.7 Å². The molecular weight excluding hydrogens is 1900 g/mol. The van der Waals surface area contributed by atoms with Crippen LogP contribution in [0.4, 0.5) is 22.0 Å². The van der Waals surface area contributed by atoms with E-state index in [1.165, 1.54) is 81.4 Å². The third kappa shape index (κ3) is 37.2. The van der Waals surface area contributed by atoms with Gasteiger partial charge in [0.2, 0.25) is 0 Å². The van der Waals surface area contributed by atoms with Crippen LogP contribution in [0, 0.1) is 133 Å². The third-order valence-electron chi connectivity index (χ3n) is 20.3. The molecule has 11 aromatic carbocycles. The van der Waals surface area contributed by atoms with Crippen molar-refractivity contribution in [2.75, 3.05) is 0 Å². The quantitative estimate of drug-likeness (QED) is 0.103. The number of pyridine rings is 1. The summed E-state index contributed by atoms with van der Waals surface area (Å²) < 4.78 is 109. The highest BCUT2D eigenvalue weighted by Gasteiger charge is 2.17. The normalized spacial score (nSPS) is 10.3. The summed E-state index contributed by atoms with van der Waals surface area (Å²) in [7, 11) is 0. The van der Waals surface area contributed by atoms with E-state index in [0.29, 0.717) is 127 Å². The number of aryl methyl sites for hydroxylation is 15. The van der Waals surface area contributed by atoms with Crippen molar-refractivity contribution in [2.24, 2.45) is 0 Å². The molecule has 21 aromatic rings. The molecule has 756 valence electrons. The van der Waals surface area contributed by atoms with Gasteiger partial charge in [0.1, 0.15) is 29.1 Å². The van der Waals surface area contributed by atoms with Gasteiger partial charge in [0.25, 0.3) is 53.0 Å². The Labute approximate surface area is 853 Å². The van der Waals surface area contributed by atoms with Crippen molar-refractivity contribution in [3.8, 4) is 103 Å². The molecule has 0 saturated heterocycles. The molecule has 147 heavy (non-hydrogen) atoms. The van der Waals surface area contributed by atoms with Crippen molar-refractivity contribution in [1.29, 1.82) is 0 Å². The molecule has 0 aliphatic rings. The van der Waals surface area contributed by atoms with Crippen LogP contribution in [0.2, 0.25) is 5.02 Å². The van der Waals surface area contributed by atoms with Gasteiger partial charge in [-0.2, -0.15) is 44.9 Å². The van der Waals surface area contributed by atoms with Gasteiger partial charge in [-0.1, -0.05) is 267 Å². The van der Waals surface area contributed by atoms with E-state index < -0.39 is 0 Å². The van der Waals surface area contributed by atoms with Crippen LogP contribution in [0.3, 0.4) is 0 Å². The molecule has 0 unspecified atom stereocenters. The van der Waals surface area contributed by atoms with E-state index in [1.807, 2.05) is 200 Å². The van der Waals surface area contributed by atoms with Crippen molar-refractivity contribution in [3.63, 3.8) is 0 Å². The predicted molar refractivity (Wildman–Crippen MR) is 553 cm³/mol. The van der Waals surface area contributed by atoms with E-state index in [-0.39, 0.29) is 46.8 Å². The Kier molecular flexibility index (Phi) is 43.0. The van der Waals surface area contributed by atoms with Gasteiger partial charge < -0.3 is 40.7 Å². The Hall–Kier alpha value is -17.2. The summed E-state index contributed by atoms with van der Waals surface area (Å²) in [5.41, 5.74) is 17.3. The van der Waals surface area contributed by atoms with Gasteiger partial charge >= 0.3 is 0 Å². The van der Waals surface area contributed by atoms with Crippen molar-refractivity contribution >= 4 is 11.6 Å². The molecule has 21 rings (SSSR count). The SMILES string of the molecule is CC(C)c1ccc(F)cc1.CC(C)c1ccccc1F.Cc1ccc(-c2nc(C)no2)c(F)c1.Cc1ccc(-c2nc(C)no2)cc1.Cc1ccc(-c2nc(C)no2)cc1.Cc1ccc(-c2nc(C)no2)cc1.Cc1ccc(-c2nc(C)no2)cc1.Cc1cccc(C(C)C)c1.Cc1noc(-c2cccc(F)c2)n1.Cc1noc(-c2ccccc2Cl)n1.Cc1noc(-c2ccccc2F)n1.Cc1noc(-c2cccnc2)n1. The van der Waals surface area contributed by atoms with Crippen LogP contribution in [0.15, 0.2) is 326 Å². The highest BCUT2D eigenvalue weighted by molar-refractivity contribution is 6.33. The first kappa shape index (κ1) is 112. The summed E-state index contributed by atoms with van der Waals surface area (Å²) in [5.74, 6) is 9.66. The fourth-order valence-electron chi connectivity index (χ4n) is 12.5. The van der Waals surface area contributed by atoms with Crippen LogP contribution in [0.1, 0.15) is 162 Å². The van der Waals surface area contributed by atoms with Gasteiger partial charge in [0, 0.05) is 40.2 Å². The van der Waals surface area contributed by atoms with Crippen molar-refractivity contribution in [2.45, 2.75) is 163 Å². The van der Waals surface area contributed by atoms with Gasteiger partial charge in [0.05, 0.1) is 27.3 Å². The lowest BCUT2D eigenvalue weighted by Crippen LogP contribution is -1.90. The second-order valence-electron chi connectivity index (χ2n) is 33.9. The van der Waals surface area contributed by atoms with E-state index in [9.17, 15) is 22.0 Å². The summed E-state index contributed by atoms with van der Waals surface area (Å²) in [6.07, 6.45) is 3.39. The minimum Gasteiger partial charge on any atom is -0.334 e. The minimum absolute atomic E-state index is 0.0995. The molecular formula is C113H113ClF5N19O9. The number of rotatable bonds is 12. The molecule has 10 heterocycles. The Morgan fingerprint density at radius 2 is 0.531 bits per heavy atom. The van der Waals surface area contributed by atoms with E-state index in [1.54, 1.807) is 129 Å². The molecule has 0 spiro atoms. The Bertz CT molecular complexity index is 7100. The predicted octanol–water partition coefficient (Wildman–Crippen LogP) is 29.4. The molecule has 0 fully saturated rings. The zero-order chi connectivity index (χ0) is 106. The Morgan fingerprint density at radius 1 is 0.218 bits per heavy atom. The molecule has 10 aromatic heterocycles.